The van der Waals surface area contributed by atoms with Gasteiger partial charge in [-0.25, -0.2) is 0 Å². The molecule has 10 rings (SSSR count). The lowest BCUT2D eigenvalue weighted by atomic mass is 9.81. The van der Waals surface area contributed by atoms with E-state index >= 15 is 0 Å². The van der Waals surface area contributed by atoms with Crippen molar-refractivity contribution in [3.63, 3.8) is 0 Å². The molecule has 0 atom stereocenters. The lowest BCUT2D eigenvalue weighted by molar-refractivity contribution is -0.434. The standard InChI is InChI=1S/C36H44ClN2O2.C20H19ClN2.C14H20NO/c1-8-38-30-17-13-24(23-40)21-28(30)35(3,4)32(38)19-14-25-11-10-12-26(34(25)37)15-20-33-36(5,6)29-22-27(41-7)16-18-31(29)39(33)9-2;21-20-16(14-22-18-10-3-1-4-11-18)8-7-9-17(20)15-23-19-12-5-2-6-13-19;1-5-15-10(2)14(3,4)12-8-11(9-16)6-7-13(12)15/h13-22,40H,8-12,23H2,1-7H3;1-6,10-15,22H,7-9H2;6-8,16H,5,9H2,1-4H3/q+1;;+1/b;16-14+,23-15?;. The van der Waals surface area contributed by atoms with Crippen LogP contribution in [0.5, 0.6) is 5.75 Å². The van der Waals surface area contributed by atoms with Crippen molar-refractivity contribution in [1.82, 2.24) is 0 Å². The summed E-state index contributed by atoms with van der Waals surface area (Å²) in [4.78, 5) is 6.91. The fourth-order valence-corrected chi connectivity index (χ4v) is 12.5. The zero-order valence-corrected chi connectivity index (χ0v) is 50.6. The number of aliphatic imine (C=N–C) groups is 1. The summed E-state index contributed by atoms with van der Waals surface area (Å²) in [6, 6.07) is 39.0. The van der Waals surface area contributed by atoms with E-state index < -0.39 is 0 Å². The molecule has 0 spiro atoms. The molecular formula is C70H83Cl2N5O3+2. The summed E-state index contributed by atoms with van der Waals surface area (Å²) in [5.74, 6) is 0.893. The fourth-order valence-electron chi connectivity index (χ4n) is 11.9. The van der Waals surface area contributed by atoms with Crippen LogP contribution in [0.25, 0.3) is 0 Å². The minimum Gasteiger partial charge on any atom is -0.497 e. The Hall–Kier alpha value is -6.55. The Morgan fingerprint density at radius 3 is 1.88 bits per heavy atom. The van der Waals surface area contributed by atoms with E-state index in [1.807, 2.05) is 91.3 Å². The van der Waals surface area contributed by atoms with Crippen molar-refractivity contribution in [2.24, 2.45) is 4.99 Å². The van der Waals surface area contributed by atoms with Gasteiger partial charge < -0.3 is 25.2 Å². The molecule has 3 N–H and O–H groups in total. The first-order chi connectivity index (χ1) is 38.4. The Kier molecular flexibility index (Phi) is 19.3. The van der Waals surface area contributed by atoms with Gasteiger partial charge in [0.2, 0.25) is 11.4 Å². The molecule has 8 nitrogen and oxygen atoms in total. The molecule has 0 unspecified atom stereocenters. The molecule has 0 radical (unpaired) electrons. The van der Waals surface area contributed by atoms with Gasteiger partial charge in [0.25, 0.3) is 0 Å². The van der Waals surface area contributed by atoms with Crippen LogP contribution in [-0.4, -0.2) is 63.7 Å². The van der Waals surface area contributed by atoms with E-state index in [0.717, 1.165) is 108 Å². The number of ether oxygens (including phenoxy) is 1. The molecule has 0 aromatic heterocycles. The smallest absolute Gasteiger partial charge is 0.210 e. The average molecular weight is 1110 g/mol. The Morgan fingerprint density at radius 2 is 1.23 bits per heavy atom. The molecule has 5 aromatic rings. The average Bonchev–Trinajstić information content (AvgIpc) is 4.01. The van der Waals surface area contributed by atoms with Gasteiger partial charge in [-0.3, -0.25) is 4.99 Å². The Balaban J connectivity index is 0.000000180. The van der Waals surface area contributed by atoms with Crippen molar-refractivity contribution in [2.45, 2.75) is 137 Å². The monoisotopic (exact) mass is 1110 g/mol. The minimum atomic E-state index is -0.160. The second-order valence-corrected chi connectivity index (χ2v) is 23.5. The van der Waals surface area contributed by atoms with Crippen LogP contribution in [0.1, 0.15) is 136 Å². The van der Waals surface area contributed by atoms with Crippen LogP contribution in [0.3, 0.4) is 0 Å². The lowest BCUT2D eigenvalue weighted by Gasteiger charge is -2.26. The molecule has 3 heterocycles. The Bertz CT molecular complexity index is 3370. The number of hydrogen-bond acceptors (Lipinski definition) is 6. The number of allylic oxidation sites excluding steroid dienone is 11. The zero-order chi connectivity index (χ0) is 57.4. The molecule has 0 amide bonds. The van der Waals surface area contributed by atoms with Crippen LogP contribution in [0.2, 0.25) is 0 Å². The molecule has 2 aliphatic carbocycles. The van der Waals surface area contributed by atoms with Crippen LogP contribution in [0, 0.1) is 0 Å². The van der Waals surface area contributed by atoms with Gasteiger partial charge in [0.1, 0.15) is 18.8 Å². The predicted octanol–water partition coefficient (Wildman–Crippen LogP) is 17.1. The molecule has 3 aliphatic heterocycles. The number of nitrogens with zero attached hydrogens (tertiary/aromatic N) is 4. The third-order valence-corrected chi connectivity index (χ3v) is 17.8. The highest BCUT2D eigenvalue weighted by Gasteiger charge is 2.45. The van der Waals surface area contributed by atoms with Gasteiger partial charge in [-0.1, -0.05) is 104 Å². The van der Waals surface area contributed by atoms with Gasteiger partial charge in [0.05, 0.1) is 36.8 Å². The normalized spacial score (nSPS) is 19.4. The van der Waals surface area contributed by atoms with Crippen LogP contribution in [0.4, 0.5) is 28.4 Å². The largest absolute Gasteiger partial charge is 0.497 e. The number of nitrogens with one attached hydrogen (secondary N) is 1. The fraction of sp³-hybridized carbons (Fsp3) is 0.357. The van der Waals surface area contributed by atoms with E-state index in [1.165, 1.54) is 62.0 Å². The quantitative estimate of drug-likeness (QED) is 0.0808. The molecule has 418 valence electrons. The zero-order valence-electron chi connectivity index (χ0n) is 49.1. The summed E-state index contributed by atoms with van der Waals surface area (Å²) < 4.78 is 10.3. The number of rotatable bonds is 13. The number of hydrogen-bond donors (Lipinski definition) is 3. The summed E-state index contributed by atoms with van der Waals surface area (Å²) >= 11 is 13.7. The van der Waals surface area contributed by atoms with Crippen LogP contribution >= 0.6 is 23.2 Å². The van der Waals surface area contributed by atoms with Crippen molar-refractivity contribution in [3.05, 3.63) is 212 Å². The van der Waals surface area contributed by atoms with Gasteiger partial charge >= 0.3 is 0 Å². The number of para-hydroxylation sites is 2. The van der Waals surface area contributed by atoms with Crippen molar-refractivity contribution in [3.8, 4) is 5.75 Å². The summed E-state index contributed by atoms with van der Waals surface area (Å²) in [5.41, 5.74) is 20.0. The van der Waals surface area contributed by atoms with Crippen LogP contribution in [-0.2, 0) is 29.5 Å². The number of aliphatic hydroxyl groups excluding tert-OH is 2. The number of anilines is 2. The van der Waals surface area contributed by atoms with Crippen LogP contribution < -0.4 is 15.0 Å². The first-order valence-electron chi connectivity index (χ1n) is 28.6. The number of likely N-dealkylation sites (N-methyl/N-ethyl adjacent to an activating group) is 1. The van der Waals surface area contributed by atoms with Gasteiger partial charge in [0, 0.05) is 87.8 Å². The van der Waals surface area contributed by atoms with E-state index in [2.05, 4.69) is 154 Å². The molecule has 0 bridgehead atoms. The number of fused-ring (bicyclic) bond motifs is 3. The number of benzene rings is 5. The van der Waals surface area contributed by atoms with Crippen molar-refractivity contribution in [2.75, 3.05) is 37.0 Å². The molecule has 80 heavy (non-hydrogen) atoms. The van der Waals surface area contributed by atoms with Crippen molar-refractivity contribution < 1.29 is 24.1 Å². The summed E-state index contributed by atoms with van der Waals surface area (Å²) in [7, 11) is 1.73. The van der Waals surface area contributed by atoms with Gasteiger partial charge in [-0.15, -0.1) is 0 Å². The molecule has 0 saturated carbocycles. The van der Waals surface area contributed by atoms with Gasteiger partial charge in [-0.05, 0) is 181 Å². The molecule has 10 heteroatoms. The predicted molar refractivity (Wildman–Crippen MR) is 338 cm³/mol. The van der Waals surface area contributed by atoms with E-state index in [9.17, 15) is 10.2 Å². The molecule has 5 aromatic carbocycles. The molecular weight excluding hydrogens is 1030 g/mol. The number of halogens is 2. The molecule has 0 fully saturated rings. The Morgan fingerprint density at radius 1 is 0.637 bits per heavy atom. The first-order valence-corrected chi connectivity index (χ1v) is 29.4. The summed E-state index contributed by atoms with van der Waals surface area (Å²) in [6.45, 7) is 25.4. The van der Waals surface area contributed by atoms with E-state index in [-0.39, 0.29) is 29.5 Å². The van der Waals surface area contributed by atoms with Crippen LogP contribution in [0.15, 0.2) is 189 Å². The first kappa shape index (κ1) is 59.6. The van der Waals surface area contributed by atoms with Gasteiger partial charge in [-0.2, -0.15) is 9.15 Å². The van der Waals surface area contributed by atoms with Gasteiger partial charge in [0.15, 0.2) is 11.4 Å². The van der Waals surface area contributed by atoms with E-state index in [1.54, 1.807) is 7.11 Å². The molecule has 5 aliphatic rings. The highest BCUT2D eigenvalue weighted by molar-refractivity contribution is 6.34. The minimum absolute atomic E-state index is 0.0574. The van der Waals surface area contributed by atoms with E-state index in [4.69, 9.17) is 27.9 Å². The van der Waals surface area contributed by atoms with Crippen molar-refractivity contribution >= 4 is 69.3 Å². The highest BCUT2D eigenvalue weighted by Crippen LogP contribution is 2.49. The van der Waals surface area contributed by atoms with E-state index in [0.29, 0.717) is 0 Å². The Labute approximate surface area is 487 Å². The topological polar surface area (TPSA) is 83.3 Å². The van der Waals surface area contributed by atoms with Crippen molar-refractivity contribution in [1.29, 1.82) is 0 Å². The summed E-state index contributed by atoms with van der Waals surface area (Å²) in [6.07, 6.45) is 19.0. The third kappa shape index (κ3) is 12.5. The number of aliphatic hydroxyl groups is 2. The molecule has 0 saturated heterocycles. The SMILES string of the molecule is CCN1C(=CC=C2CCCC(C=CC3=[N+](CC)c4ccc(OC)cc4C3(C)C)=C2Cl)C(C)(C)c2cc(CO)ccc21.CC[N+]1=C(C)C(C)(C)c2cc(CO)ccc21.ClC1=C(C=Nc2ccccc2)CCC/C1=C\Nc1ccccc1. The lowest BCUT2D eigenvalue weighted by Crippen LogP contribution is -2.27. The second-order valence-electron chi connectivity index (χ2n) is 22.7. The third-order valence-electron chi connectivity index (χ3n) is 16.8. The maximum absolute atomic E-state index is 9.72. The number of methoxy groups -OCH3 is 1. The second kappa shape index (κ2) is 25.9. The maximum Gasteiger partial charge on any atom is 0.210 e. The summed E-state index contributed by atoms with van der Waals surface area (Å²) in [5, 5.41) is 23.9. The highest BCUT2D eigenvalue weighted by atomic mass is 35.5. The maximum atomic E-state index is 9.72.